The van der Waals surface area contributed by atoms with Crippen molar-refractivity contribution in [1.29, 1.82) is 0 Å². The predicted octanol–water partition coefficient (Wildman–Crippen LogP) is 2.62. The summed E-state index contributed by atoms with van der Waals surface area (Å²) in [5.41, 5.74) is 2.19. The van der Waals surface area contributed by atoms with Crippen molar-refractivity contribution in [3.05, 3.63) is 52.2 Å². The highest BCUT2D eigenvalue weighted by Crippen LogP contribution is 2.30. The van der Waals surface area contributed by atoms with Gasteiger partial charge in [-0.05, 0) is 29.5 Å². The van der Waals surface area contributed by atoms with Crippen LogP contribution in [0.5, 0.6) is 0 Å². The van der Waals surface area contributed by atoms with E-state index in [1.54, 1.807) is 11.3 Å². The summed E-state index contributed by atoms with van der Waals surface area (Å²) in [7, 11) is 0. The zero-order chi connectivity index (χ0) is 13.1. The first-order valence-corrected chi connectivity index (χ1v) is 7.35. The van der Waals surface area contributed by atoms with Crippen molar-refractivity contribution in [1.82, 2.24) is 5.32 Å². The lowest BCUT2D eigenvalue weighted by atomic mass is 10.0. The molecule has 1 aliphatic rings. The molecule has 2 heterocycles. The molecule has 0 fully saturated rings. The zero-order valence-corrected chi connectivity index (χ0v) is 11.4. The van der Waals surface area contributed by atoms with E-state index in [0.29, 0.717) is 13.1 Å². The van der Waals surface area contributed by atoms with E-state index in [1.807, 2.05) is 30.3 Å². The molecule has 2 aromatic rings. The molecule has 4 heteroatoms. The number of fused-ring (bicyclic) bond motifs is 1. The molecular weight excluding hydrogens is 256 g/mol. The van der Waals surface area contributed by atoms with Crippen LogP contribution in [-0.4, -0.2) is 19.0 Å². The highest BCUT2D eigenvalue weighted by Gasteiger charge is 2.27. The Balaban J connectivity index is 1.57. The monoisotopic (exact) mass is 272 g/mol. The summed E-state index contributed by atoms with van der Waals surface area (Å²) < 4.78 is 0. The van der Waals surface area contributed by atoms with E-state index in [2.05, 4.69) is 22.1 Å². The van der Waals surface area contributed by atoms with Crippen LogP contribution in [0.25, 0.3) is 0 Å². The van der Waals surface area contributed by atoms with Crippen LogP contribution >= 0.6 is 11.3 Å². The molecule has 3 nitrogen and oxygen atoms in total. The molecule has 2 N–H and O–H groups in total. The zero-order valence-electron chi connectivity index (χ0n) is 10.6. The van der Waals surface area contributed by atoms with Crippen LogP contribution in [0.3, 0.4) is 0 Å². The normalized spacial score (nSPS) is 16.7. The number of amides is 1. The summed E-state index contributed by atoms with van der Waals surface area (Å²) in [5, 5.41) is 8.37. The maximum absolute atomic E-state index is 12.2. The van der Waals surface area contributed by atoms with E-state index in [-0.39, 0.29) is 11.8 Å². The molecule has 1 atom stereocenters. The lowest BCUT2D eigenvalue weighted by Gasteiger charge is -2.10. The highest BCUT2D eigenvalue weighted by molar-refractivity contribution is 7.09. The molecule has 98 valence electrons. The third kappa shape index (κ3) is 2.63. The van der Waals surface area contributed by atoms with Crippen molar-refractivity contribution in [2.24, 2.45) is 0 Å². The Bertz CT molecular complexity index is 565. The Morgan fingerprint density at radius 3 is 3.05 bits per heavy atom. The smallest absolute Gasteiger partial charge is 0.229 e. The van der Waals surface area contributed by atoms with E-state index >= 15 is 0 Å². The van der Waals surface area contributed by atoms with Gasteiger partial charge in [0.1, 0.15) is 0 Å². The van der Waals surface area contributed by atoms with E-state index in [9.17, 15) is 4.79 Å². The van der Waals surface area contributed by atoms with Crippen LogP contribution < -0.4 is 10.6 Å². The van der Waals surface area contributed by atoms with E-state index < -0.39 is 0 Å². The van der Waals surface area contributed by atoms with Crippen LogP contribution in [-0.2, 0) is 11.2 Å². The minimum atomic E-state index is -0.0560. The van der Waals surface area contributed by atoms with Crippen molar-refractivity contribution in [2.75, 3.05) is 18.4 Å². The van der Waals surface area contributed by atoms with E-state index in [1.165, 1.54) is 4.88 Å². The second-order valence-corrected chi connectivity index (χ2v) is 5.67. The number of para-hydroxylation sites is 1. The second-order valence-electron chi connectivity index (χ2n) is 4.64. The molecule has 0 saturated carbocycles. The van der Waals surface area contributed by atoms with Crippen molar-refractivity contribution in [2.45, 2.75) is 12.3 Å². The van der Waals surface area contributed by atoms with Gasteiger partial charge in [-0.2, -0.15) is 0 Å². The topological polar surface area (TPSA) is 41.1 Å². The average Bonchev–Trinajstić information content (AvgIpc) is 3.07. The lowest BCUT2D eigenvalue weighted by molar-refractivity contribution is -0.122. The Kier molecular flexibility index (Phi) is 3.51. The van der Waals surface area contributed by atoms with Gasteiger partial charge in [0.25, 0.3) is 0 Å². The van der Waals surface area contributed by atoms with Crippen molar-refractivity contribution < 1.29 is 4.79 Å². The van der Waals surface area contributed by atoms with Gasteiger partial charge in [-0.1, -0.05) is 24.3 Å². The SMILES string of the molecule is O=C(NCCc1cccs1)C1CNc2ccccc21. The Morgan fingerprint density at radius 1 is 1.32 bits per heavy atom. The Morgan fingerprint density at radius 2 is 2.21 bits per heavy atom. The number of nitrogens with one attached hydrogen (secondary N) is 2. The molecule has 0 saturated heterocycles. The quantitative estimate of drug-likeness (QED) is 0.898. The first kappa shape index (κ1) is 12.2. The second kappa shape index (κ2) is 5.45. The standard InChI is InChI=1S/C15H16N2OS/c18-15(16-8-7-11-4-3-9-19-11)13-10-17-14-6-2-1-5-12(13)14/h1-6,9,13,17H,7-8,10H2,(H,16,18). The van der Waals surface area contributed by atoms with Gasteiger partial charge >= 0.3 is 0 Å². The van der Waals surface area contributed by atoms with Gasteiger partial charge in [0.05, 0.1) is 5.92 Å². The van der Waals surface area contributed by atoms with Crippen molar-refractivity contribution >= 4 is 22.9 Å². The summed E-state index contributed by atoms with van der Waals surface area (Å²) in [4.78, 5) is 13.5. The molecule has 0 aliphatic carbocycles. The fourth-order valence-corrected chi connectivity index (χ4v) is 3.11. The Labute approximate surface area is 116 Å². The first-order valence-electron chi connectivity index (χ1n) is 6.47. The molecule has 0 bridgehead atoms. The summed E-state index contributed by atoms with van der Waals surface area (Å²) in [6, 6.07) is 12.2. The highest BCUT2D eigenvalue weighted by atomic mass is 32.1. The van der Waals surface area contributed by atoms with Crippen LogP contribution in [0.1, 0.15) is 16.4 Å². The van der Waals surface area contributed by atoms with Crippen molar-refractivity contribution in [3.63, 3.8) is 0 Å². The third-order valence-corrected chi connectivity index (χ3v) is 4.34. The minimum Gasteiger partial charge on any atom is -0.384 e. The van der Waals surface area contributed by atoms with Gasteiger partial charge in [0.2, 0.25) is 5.91 Å². The van der Waals surface area contributed by atoms with Gasteiger partial charge in [-0.3, -0.25) is 4.79 Å². The fourth-order valence-electron chi connectivity index (χ4n) is 2.40. The van der Waals surface area contributed by atoms with Gasteiger partial charge < -0.3 is 10.6 Å². The Hall–Kier alpha value is -1.81. The number of hydrogen-bond acceptors (Lipinski definition) is 3. The number of thiophene rings is 1. The maximum Gasteiger partial charge on any atom is 0.229 e. The predicted molar refractivity (Wildman–Crippen MR) is 78.7 cm³/mol. The maximum atomic E-state index is 12.2. The molecule has 1 aromatic carbocycles. The number of anilines is 1. The molecule has 0 spiro atoms. The van der Waals surface area contributed by atoms with Gasteiger partial charge in [-0.15, -0.1) is 11.3 Å². The summed E-state index contributed by atoms with van der Waals surface area (Å²) >= 11 is 1.73. The molecule has 0 radical (unpaired) electrons. The molecule has 19 heavy (non-hydrogen) atoms. The molecular formula is C15H16N2OS. The van der Waals surface area contributed by atoms with Crippen LogP contribution in [0.2, 0.25) is 0 Å². The first-order chi connectivity index (χ1) is 9.34. The number of hydrogen-bond donors (Lipinski definition) is 2. The average molecular weight is 272 g/mol. The largest absolute Gasteiger partial charge is 0.384 e. The molecule has 1 unspecified atom stereocenters. The van der Waals surface area contributed by atoms with Crippen LogP contribution in [0, 0.1) is 0 Å². The van der Waals surface area contributed by atoms with Gasteiger partial charge in [-0.25, -0.2) is 0 Å². The van der Waals surface area contributed by atoms with Gasteiger partial charge in [0.15, 0.2) is 0 Å². The van der Waals surface area contributed by atoms with E-state index in [0.717, 1.165) is 17.7 Å². The van der Waals surface area contributed by atoms with Crippen molar-refractivity contribution in [3.8, 4) is 0 Å². The summed E-state index contributed by atoms with van der Waals surface area (Å²) in [6.45, 7) is 1.40. The fraction of sp³-hybridized carbons (Fsp3) is 0.267. The van der Waals surface area contributed by atoms with Crippen LogP contribution in [0.15, 0.2) is 41.8 Å². The molecule has 3 rings (SSSR count). The number of rotatable bonds is 4. The lowest BCUT2D eigenvalue weighted by Crippen LogP contribution is -2.31. The molecule has 1 aromatic heterocycles. The minimum absolute atomic E-state index is 0.0560. The third-order valence-electron chi connectivity index (χ3n) is 3.40. The number of carbonyl (C=O) groups is 1. The van der Waals surface area contributed by atoms with Gasteiger partial charge in [0, 0.05) is 23.7 Å². The summed E-state index contributed by atoms with van der Waals surface area (Å²) in [6.07, 6.45) is 0.908. The van der Waals surface area contributed by atoms with Crippen LogP contribution in [0.4, 0.5) is 5.69 Å². The summed E-state index contributed by atoms with van der Waals surface area (Å²) in [5.74, 6) is 0.0635. The molecule has 1 aliphatic heterocycles. The number of carbonyl (C=O) groups excluding carboxylic acids is 1. The van der Waals surface area contributed by atoms with E-state index in [4.69, 9.17) is 0 Å². The molecule has 1 amide bonds. The number of benzene rings is 1.